The molecule has 0 unspecified atom stereocenters. The Morgan fingerprint density at radius 1 is 1.17 bits per heavy atom. The van der Waals surface area contributed by atoms with Crippen molar-refractivity contribution in [1.82, 2.24) is 14.3 Å². The van der Waals surface area contributed by atoms with E-state index in [1.807, 2.05) is 6.92 Å². The van der Waals surface area contributed by atoms with Gasteiger partial charge in [-0.1, -0.05) is 12.1 Å². The zero-order valence-corrected chi connectivity index (χ0v) is 19.8. The average Bonchev–Trinajstić information content (AvgIpc) is 3.41. The van der Waals surface area contributed by atoms with Gasteiger partial charge in [0.15, 0.2) is 0 Å². The van der Waals surface area contributed by atoms with Crippen molar-refractivity contribution in [2.45, 2.75) is 70.9 Å². The van der Waals surface area contributed by atoms with Gasteiger partial charge in [0.05, 0.1) is 10.9 Å². The summed E-state index contributed by atoms with van der Waals surface area (Å²) < 4.78 is 31.7. The van der Waals surface area contributed by atoms with Crippen molar-refractivity contribution < 1.29 is 18.4 Å². The lowest BCUT2D eigenvalue weighted by molar-refractivity contribution is -0.121. The Morgan fingerprint density at radius 2 is 1.91 bits per heavy atom. The normalized spacial score (nSPS) is 21.1. The summed E-state index contributed by atoms with van der Waals surface area (Å²) in [6.07, 6.45) is 5.82. The summed E-state index contributed by atoms with van der Waals surface area (Å²) >= 11 is 0. The lowest BCUT2D eigenvalue weighted by Crippen LogP contribution is -2.30. The van der Waals surface area contributed by atoms with Gasteiger partial charge in [0.1, 0.15) is 11.3 Å². The van der Waals surface area contributed by atoms with Gasteiger partial charge in [-0.25, -0.2) is 8.78 Å². The van der Waals surface area contributed by atoms with Gasteiger partial charge >= 0.3 is 0 Å². The van der Waals surface area contributed by atoms with Gasteiger partial charge in [0.25, 0.3) is 17.4 Å². The van der Waals surface area contributed by atoms with Crippen LogP contribution in [0.4, 0.5) is 14.5 Å². The summed E-state index contributed by atoms with van der Waals surface area (Å²) in [5.74, 6) is -3.23. The molecule has 1 N–H and O–H groups in total. The summed E-state index contributed by atoms with van der Waals surface area (Å²) in [4.78, 5) is 38.6. The molecule has 1 amide bonds. The van der Waals surface area contributed by atoms with E-state index in [1.165, 1.54) is 12.1 Å². The molecular weight excluding hydrogens is 454 g/mol. The van der Waals surface area contributed by atoms with Gasteiger partial charge in [0.2, 0.25) is 0 Å². The molecule has 2 aliphatic carbocycles. The number of hydrogen-bond acceptors (Lipinski definition) is 4. The second-order valence-electron chi connectivity index (χ2n) is 9.61. The quantitative estimate of drug-likeness (QED) is 0.565. The molecule has 3 aromatic rings. The number of aromatic nitrogens is 3. The van der Waals surface area contributed by atoms with Crippen LogP contribution in [-0.4, -0.2) is 26.0 Å². The van der Waals surface area contributed by atoms with Crippen LogP contribution >= 0.6 is 0 Å². The number of anilines is 1. The molecular formula is C26H28F2N4O3. The second-order valence-corrected chi connectivity index (χ2v) is 9.61. The Labute approximate surface area is 201 Å². The number of Topliss-reactive ketones (excluding diaryl/α,β-unsaturated/α-hetero) is 1. The monoisotopic (exact) mass is 482 g/mol. The number of pyridine rings is 1. The van der Waals surface area contributed by atoms with Gasteiger partial charge in [-0.2, -0.15) is 5.10 Å². The zero-order valence-electron chi connectivity index (χ0n) is 19.8. The molecule has 35 heavy (non-hydrogen) atoms. The molecule has 1 saturated carbocycles. The number of benzene rings is 1. The minimum absolute atomic E-state index is 0.00889. The van der Waals surface area contributed by atoms with E-state index in [0.29, 0.717) is 54.4 Å². The molecule has 2 aromatic heterocycles. The van der Waals surface area contributed by atoms with Crippen molar-refractivity contribution in [3.8, 4) is 0 Å². The molecule has 0 atom stereocenters. The van der Waals surface area contributed by atoms with Crippen LogP contribution in [0.2, 0.25) is 0 Å². The lowest BCUT2D eigenvalue weighted by atomic mass is 9.83. The number of carbonyl (C=O) groups excluding carboxylic acids is 2. The second kappa shape index (κ2) is 8.70. The van der Waals surface area contributed by atoms with Crippen molar-refractivity contribution in [3.05, 3.63) is 57.6 Å². The third-order valence-electron chi connectivity index (χ3n) is 7.49. The zero-order chi connectivity index (χ0) is 24.9. The van der Waals surface area contributed by atoms with E-state index in [0.717, 1.165) is 0 Å². The number of nitrogens with one attached hydrogen (secondary N) is 1. The standard InChI is InChI=1S/C26H28F2N4O3/c1-3-31-13-20-23(30-31)19(14-32(25(20)35)17-9-7-16(8-10-17)15(2)33)24(34)29-22-6-4-5-21-18(22)11-12-26(21,27)28/h4-6,13-14,16-17H,3,7-12H2,1-2H3,(H,29,34). The Balaban J connectivity index is 1.54. The van der Waals surface area contributed by atoms with E-state index >= 15 is 0 Å². The molecule has 0 radical (unpaired) electrons. The Kier molecular flexibility index (Phi) is 5.81. The average molecular weight is 483 g/mol. The smallest absolute Gasteiger partial charge is 0.273 e. The van der Waals surface area contributed by atoms with Gasteiger partial charge in [-0.15, -0.1) is 0 Å². The lowest BCUT2D eigenvalue weighted by Gasteiger charge is -2.28. The molecule has 2 heterocycles. The molecule has 1 aromatic carbocycles. The minimum atomic E-state index is -2.91. The number of hydrogen-bond donors (Lipinski definition) is 1. The summed E-state index contributed by atoms with van der Waals surface area (Å²) in [6.45, 7) is 4.02. The van der Waals surface area contributed by atoms with Crippen LogP contribution in [0.25, 0.3) is 10.9 Å². The van der Waals surface area contributed by atoms with E-state index in [4.69, 9.17) is 0 Å². The number of nitrogens with zero attached hydrogens (tertiary/aromatic N) is 3. The SMILES string of the molecule is CCn1cc2c(=O)n(C3CCC(C(C)=O)CC3)cc(C(=O)Nc3cccc4c3CCC4(F)F)c2n1. The Hall–Kier alpha value is -3.36. The number of alkyl halides is 2. The number of rotatable bonds is 5. The van der Waals surface area contributed by atoms with Crippen molar-refractivity contribution in [1.29, 1.82) is 0 Å². The fraction of sp³-hybridized carbons (Fsp3) is 0.462. The molecule has 0 aliphatic heterocycles. The summed E-state index contributed by atoms with van der Waals surface area (Å²) in [6, 6.07) is 4.41. The van der Waals surface area contributed by atoms with E-state index in [9.17, 15) is 23.2 Å². The molecule has 184 valence electrons. The first kappa shape index (κ1) is 23.4. The van der Waals surface area contributed by atoms with Gasteiger partial charge in [-0.3, -0.25) is 19.1 Å². The molecule has 9 heteroatoms. The first-order valence-corrected chi connectivity index (χ1v) is 12.1. The molecule has 1 fully saturated rings. The number of carbonyl (C=O) groups is 2. The number of fused-ring (bicyclic) bond motifs is 2. The largest absolute Gasteiger partial charge is 0.322 e. The summed E-state index contributed by atoms with van der Waals surface area (Å²) in [7, 11) is 0. The number of aryl methyl sites for hydroxylation is 1. The first-order chi connectivity index (χ1) is 16.7. The molecule has 2 aliphatic rings. The van der Waals surface area contributed by atoms with Gasteiger partial charge in [0, 0.05) is 48.6 Å². The van der Waals surface area contributed by atoms with E-state index in [2.05, 4.69) is 10.4 Å². The maximum Gasteiger partial charge on any atom is 0.273 e. The van der Waals surface area contributed by atoms with Crippen LogP contribution in [0.3, 0.4) is 0 Å². The Morgan fingerprint density at radius 3 is 2.60 bits per heavy atom. The highest BCUT2D eigenvalue weighted by molar-refractivity contribution is 6.11. The summed E-state index contributed by atoms with van der Waals surface area (Å²) in [5.41, 5.74) is 1.04. The number of halogens is 2. The predicted octanol–water partition coefficient (Wildman–Crippen LogP) is 4.83. The van der Waals surface area contributed by atoms with E-state index < -0.39 is 11.8 Å². The van der Waals surface area contributed by atoms with Gasteiger partial charge in [-0.05, 0) is 57.6 Å². The fourth-order valence-corrected chi connectivity index (χ4v) is 5.46. The number of amides is 1. The highest BCUT2D eigenvalue weighted by Crippen LogP contribution is 2.44. The van der Waals surface area contributed by atoms with E-state index in [-0.39, 0.29) is 47.3 Å². The first-order valence-electron chi connectivity index (χ1n) is 12.1. The van der Waals surface area contributed by atoms with Crippen molar-refractivity contribution in [3.63, 3.8) is 0 Å². The maximum absolute atomic E-state index is 14.2. The van der Waals surface area contributed by atoms with E-state index in [1.54, 1.807) is 34.6 Å². The molecule has 7 nitrogen and oxygen atoms in total. The van der Waals surface area contributed by atoms with Crippen LogP contribution in [0, 0.1) is 5.92 Å². The third-order valence-corrected chi connectivity index (χ3v) is 7.49. The van der Waals surface area contributed by atoms with Crippen LogP contribution in [-0.2, 0) is 23.7 Å². The third kappa shape index (κ3) is 4.06. The molecule has 5 rings (SSSR count). The van der Waals surface area contributed by atoms with Crippen molar-refractivity contribution in [2.24, 2.45) is 5.92 Å². The maximum atomic E-state index is 14.2. The predicted molar refractivity (Wildman–Crippen MR) is 128 cm³/mol. The van der Waals surface area contributed by atoms with Crippen LogP contribution in [0.1, 0.15) is 73.5 Å². The highest BCUT2D eigenvalue weighted by Gasteiger charge is 2.40. The van der Waals surface area contributed by atoms with Crippen molar-refractivity contribution >= 4 is 28.3 Å². The molecule has 0 spiro atoms. The van der Waals surface area contributed by atoms with Crippen LogP contribution in [0.5, 0.6) is 0 Å². The minimum Gasteiger partial charge on any atom is -0.322 e. The topological polar surface area (TPSA) is 86.0 Å². The van der Waals surface area contributed by atoms with Gasteiger partial charge < -0.3 is 9.88 Å². The molecule has 0 saturated heterocycles. The fourth-order valence-electron chi connectivity index (χ4n) is 5.46. The summed E-state index contributed by atoms with van der Waals surface area (Å²) in [5, 5.41) is 7.60. The highest BCUT2D eigenvalue weighted by atomic mass is 19.3. The Bertz CT molecular complexity index is 1380. The number of ketones is 1. The molecule has 0 bridgehead atoms. The van der Waals surface area contributed by atoms with Crippen LogP contribution in [0.15, 0.2) is 35.4 Å². The van der Waals surface area contributed by atoms with Crippen LogP contribution < -0.4 is 10.9 Å². The van der Waals surface area contributed by atoms with Crippen molar-refractivity contribution in [2.75, 3.05) is 5.32 Å².